The smallest absolute Gasteiger partial charge is 0.251 e. The minimum absolute atomic E-state index is 0.0900. The summed E-state index contributed by atoms with van der Waals surface area (Å²) < 4.78 is 0. The Kier molecular flexibility index (Phi) is 6.38. The average molecular weight is 326 g/mol. The number of hydrogen-bond acceptors (Lipinski definition) is 3. The van der Waals surface area contributed by atoms with Crippen molar-refractivity contribution in [1.82, 2.24) is 5.32 Å². The third-order valence-corrected chi connectivity index (χ3v) is 4.03. The van der Waals surface area contributed by atoms with Gasteiger partial charge in [-0.15, -0.1) is 0 Å². The van der Waals surface area contributed by atoms with E-state index in [-0.39, 0.29) is 11.8 Å². The van der Waals surface area contributed by atoms with Crippen LogP contribution < -0.4 is 10.2 Å². The molecule has 2 N–H and O–H groups in total. The largest absolute Gasteiger partial charge is 0.393 e. The van der Waals surface area contributed by atoms with Gasteiger partial charge in [-0.05, 0) is 37.1 Å². The second-order valence-electron chi connectivity index (χ2n) is 6.35. The van der Waals surface area contributed by atoms with Gasteiger partial charge < -0.3 is 15.3 Å². The van der Waals surface area contributed by atoms with Crippen LogP contribution >= 0.6 is 0 Å². The second kappa shape index (κ2) is 8.50. The lowest BCUT2D eigenvalue weighted by Crippen LogP contribution is -2.29. The Labute approximate surface area is 144 Å². The van der Waals surface area contributed by atoms with Crippen molar-refractivity contribution in [2.45, 2.75) is 25.4 Å². The van der Waals surface area contributed by atoms with Crippen LogP contribution in [0.4, 0.5) is 5.69 Å². The zero-order valence-electron chi connectivity index (χ0n) is 14.6. The number of aliphatic hydroxyl groups is 1. The maximum atomic E-state index is 12.4. The summed E-state index contributed by atoms with van der Waals surface area (Å²) in [7, 11) is 3.90. The van der Waals surface area contributed by atoms with Crippen LogP contribution in [0.25, 0.3) is 0 Å². The molecule has 0 fully saturated rings. The van der Waals surface area contributed by atoms with Crippen LogP contribution in [0.2, 0.25) is 0 Å². The monoisotopic (exact) mass is 326 g/mol. The number of carbonyl (C=O) groups is 1. The SMILES string of the molecule is CC(O)CC(CNC(=O)c1cccc(N(C)C)c1)c1ccccc1. The number of nitrogens with zero attached hydrogens (tertiary/aromatic N) is 1. The molecule has 2 rings (SSSR count). The fraction of sp³-hybridized carbons (Fsp3) is 0.350. The molecule has 0 aliphatic heterocycles. The van der Waals surface area contributed by atoms with E-state index in [0.717, 1.165) is 11.3 Å². The molecular weight excluding hydrogens is 300 g/mol. The van der Waals surface area contributed by atoms with Gasteiger partial charge in [-0.3, -0.25) is 4.79 Å². The maximum absolute atomic E-state index is 12.4. The van der Waals surface area contributed by atoms with Crippen molar-refractivity contribution in [1.29, 1.82) is 0 Å². The molecule has 24 heavy (non-hydrogen) atoms. The number of rotatable bonds is 7. The summed E-state index contributed by atoms with van der Waals surface area (Å²) in [6, 6.07) is 17.5. The fourth-order valence-electron chi connectivity index (χ4n) is 2.72. The summed E-state index contributed by atoms with van der Waals surface area (Å²) in [4.78, 5) is 14.4. The summed E-state index contributed by atoms with van der Waals surface area (Å²) in [5, 5.41) is 12.7. The van der Waals surface area contributed by atoms with Crippen molar-refractivity contribution < 1.29 is 9.90 Å². The number of aliphatic hydroxyl groups excluding tert-OH is 1. The Hall–Kier alpha value is -2.33. The van der Waals surface area contributed by atoms with Crippen molar-refractivity contribution in [2.75, 3.05) is 25.5 Å². The van der Waals surface area contributed by atoms with E-state index in [1.807, 2.05) is 73.6 Å². The van der Waals surface area contributed by atoms with Gasteiger partial charge in [-0.25, -0.2) is 0 Å². The fourth-order valence-corrected chi connectivity index (χ4v) is 2.72. The summed E-state index contributed by atoms with van der Waals surface area (Å²) in [5.74, 6) is -0.00240. The molecular formula is C20H26N2O2. The van der Waals surface area contributed by atoms with E-state index in [4.69, 9.17) is 0 Å². The standard InChI is InChI=1S/C20H26N2O2/c1-15(23)12-18(16-8-5-4-6-9-16)14-21-20(24)17-10-7-11-19(13-17)22(2)3/h4-11,13,15,18,23H,12,14H2,1-3H3,(H,21,24). The van der Waals surface area contributed by atoms with Crippen LogP contribution in [0.15, 0.2) is 54.6 Å². The van der Waals surface area contributed by atoms with Gasteiger partial charge in [-0.1, -0.05) is 36.4 Å². The van der Waals surface area contributed by atoms with Crippen LogP contribution in [0.1, 0.15) is 35.2 Å². The minimum Gasteiger partial charge on any atom is -0.393 e. The molecule has 0 spiro atoms. The van der Waals surface area contributed by atoms with Crippen molar-refractivity contribution in [2.24, 2.45) is 0 Å². The third-order valence-electron chi connectivity index (χ3n) is 4.03. The number of hydrogen-bond donors (Lipinski definition) is 2. The Morgan fingerprint density at radius 3 is 2.46 bits per heavy atom. The molecule has 2 aromatic rings. The van der Waals surface area contributed by atoms with Gasteiger partial charge in [-0.2, -0.15) is 0 Å². The van der Waals surface area contributed by atoms with Gasteiger partial charge in [0.2, 0.25) is 0 Å². The zero-order valence-corrected chi connectivity index (χ0v) is 14.6. The molecule has 2 unspecified atom stereocenters. The van der Waals surface area contributed by atoms with Crippen LogP contribution in [0, 0.1) is 0 Å². The number of anilines is 1. The number of carbonyl (C=O) groups excluding carboxylic acids is 1. The average Bonchev–Trinajstić information content (AvgIpc) is 2.58. The first-order valence-corrected chi connectivity index (χ1v) is 8.26. The van der Waals surface area contributed by atoms with E-state index in [9.17, 15) is 9.90 Å². The van der Waals surface area contributed by atoms with Gasteiger partial charge in [0, 0.05) is 37.8 Å². The minimum atomic E-state index is -0.413. The summed E-state index contributed by atoms with van der Waals surface area (Å²) >= 11 is 0. The molecule has 0 bridgehead atoms. The van der Waals surface area contributed by atoms with Gasteiger partial charge in [0.15, 0.2) is 0 Å². The number of nitrogens with one attached hydrogen (secondary N) is 1. The van der Waals surface area contributed by atoms with E-state index in [0.29, 0.717) is 18.5 Å². The Morgan fingerprint density at radius 1 is 1.12 bits per heavy atom. The highest BCUT2D eigenvalue weighted by molar-refractivity contribution is 5.95. The highest BCUT2D eigenvalue weighted by Gasteiger charge is 2.16. The van der Waals surface area contributed by atoms with E-state index in [1.165, 1.54) is 0 Å². The highest BCUT2D eigenvalue weighted by Crippen LogP contribution is 2.21. The molecule has 0 aromatic heterocycles. The van der Waals surface area contributed by atoms with Crippen molar-refractivity contribution in [3.8, 4) is 0 Å². The maximum Gasteiger partial charge on any atom is 0.251 e. The first-order chi connectivity index (χ1) is 11.5. The van der Waals surface area contributed by atoms with E-state index in [1.54, 1.807) is 6.92 Å². The first kappa shape index (κ1) is 18.0. The number of amides is 1. The highest BCUT2D eigenvalue weighted by atomic mass is 16.3. The van der Waals surface area contributed by atoms with Crippen LogP contribution in [0.3, 0.4) is 0 Å². The lowest BCUT2D eigenvalue weighted by molar-refractivity contribution is 0.0945. The Balaban J connectivity index is 2.06. The molecule has 1 amide bonds. The molecule has 0 saturated carbocycles. The lowest BCUT2D eigenvalue weighted by atomic mass is 9.93. The van der Waals surface area contributed by atoms with Crippen LogP contribution in [0.5, 0.6) is 0 Å². The predicted octanol–water partition coefficient (Wildman–Crippen LogP) is 3.04. The Bertz CT molecular complexity index is 654. The molecule has 4 heteroatoms. The van der Waals surface area contributed by atoms with Crippen molar-refractivity contribution in [3.63, 3.8) is 0 Å². The van der Waals surface area contributed by atoms with E-state index < -0.39 is 6.10 Å². The van der Waals surface area contributed by atoms with E-state index in [2.05, 4.69) is 5.32 Å². The normalized spacial score (nSPS) is 13.2. The molecule has 4 nitrogen and oxygen atoms in total. The molecule has 128 valence electrons. The van der Waals surface area contributed by atoms with Gasteiger partial charge in [0.25, 0.3) is 5.91 Å². The van der Waals surface area contributed by atoms with Crippen LogP contribution in [-0.4, -0.2) is 37.8 Å². The molecule has 0 saturated heterocycles. The second-order valence-corrected chi connectivity index (χ2v) is 6.35. The molecule has 0 radical (unpaired) electrons. The summed E-state index contributed by atoms with van der Waals surface area (Å²) in [5.41, 5.74) is 2.76. The quantitative estimate of drug-likeness (QED) is 0.822. The van der Waals surface area contributed by atoms with Crippen molar-refractivity contribution in [3.05, 3.63) is 65.7 Å². The molecule has 2 atom stereocenters. The lowest BCUT2D eigenvalue weighted by Gasteiger charge is -2.20. The first-order valence-electron chi connectivity index (χ1n) is 8.26. The van der Waals surface area contributed by atoms with E-state index >= 15 is 0 Å². The predicted molar refractivity (Wildman–Crippen MR) is 98.6 cm³/mol. The molecule has 0 aliphatic rings. The topological polar surface area (TPSA) is 52.6 Å². The molecule has 0 aliphatic carbocycles. The van der Waals surface area contributed by atoms with Gasteiger partial charge in [0.1, 0.15) is 0 Å². The van der Waals surface area contributed by atoms with Crippen LogP contribution in [-0.2, 0) is 0 Å². The van der Waals surface area contributed by atoms with Gasteiger partial charge in [0.05, 0.1) is 6.10 Å². The summed E-state index contributed by atoms with van der Waals surface area (Å²) in [6.45, 7) is 2.28. The molecule has 2 aromatic carbocycles. The number of benzene rings is 2. The van der Waals surface area contributed by atoms with Crippen molar-refractivity contribution >= 4 is 11.6 Å². The Morgan fingerprint density at radius 2 is 1.83 bits per heavy atom. The van der Waals surface area contributed by atoms with Gasteiger partial charge >= 0.3 is 0 Å². The molecule has 0 heterocycles. The third kappa shape index (κ3) is 5.10. The summed E-state index contributed by atoms with van der Waals surface area (Å²) in [6.07, 6.45) is 0.200. The zero-order chi connectivity index (χ0) is 17.5.